The number of hydrogen-bond donors (Lipinski definition) is 0. The van der Waals surface area contributed by atoms with E-state index in [0.717, 1.165) is 20.9 Å². The van der Waals surface area contributed by atoms with E-state index in [1.54, 1.807) is 17.0 Å². The van der Waals surface area contributed by atoms with E-state index in [2.05, 4.69) is 0 Å². The minimum absolute atomic E-state index is 0.0875. The molecule has 33 heavy (non-hydrogen) atoms. The topological polar surface area (TPSA) is 46.6 Å². The summed E-state index contributed by atoms with van der Waals surface area (Å²) in [5.74, 6) is -0.504. The quantitative estimate of drug-likeness (QED) is 0.332. The van der Waals surface area contributed by atoms with E-state index in [-0.39, 0.29) is 12.5 Å². The summed E-state index contributed by atoms with van der Waals surface area (Å²) < 4.78 is 5.53. The number of hydrogen-bond acceptors (Lipinski definition) is 4. The van der Waals surface area contributed by atoms with Crippen LogP contribution < -0.4 is 4.90 Å². The summed E-state index contributed by atoms with van der Waals surface area (Å²) in [5.41, 5.74) is 3.72. The second-order valence-electron chi connectivity index (χ2n) is 7.72. The Labute approximate surface area is 196 Å². The minimum atomic E-state index is -0.416. The predicted octanol–water partition coefficient (Wildman–Crippen LogP) is 6.36. The zero-order valence-corrected chi connectivity index (χ0v) is 18.6. The highest BCUT2D eigenvalue weighted by Gasteiger charge is 2.28. The number of carbonyl (C=O) groups excluding carboxylic acids is 2. The number of benzene rings is 4. The molecule has 0 aliphatic carbocycles. The van der Waals surface area contributed by atoms with Gasteiger partial charge >= 0.3 is 5.97 Å². The molecule has 1 amide bonds. The van der Waals surface area contributed by atoms with Crippen molar-refractivity contribution in [2.45, 2.75) is 22.9 Å². The Morgan fingerprint density at radius 2 is 1.42 bits per heavy atom. The van der Waals surface area contributed by atoms with Crippen molar-refractivity contribution in [3.05, 3.63) is 125 Å². The second-order valence-corrected chi connectivity index (χ2v) is 8.80. The normalized spacial score (nSPS) is 12.5. The lowest BCUT2D eigenvalue weighted by Crippen LogP contribution is -2.30. The molecular weight excluding hydrogens is 430 g/mol. The third-order valence-corrected chi connectivity index (χ3v) is 6.61. The van der Waals surface area contributed by atoms with Crippen molar-refractivity contribution < 1.29 is 14.3 Å². The monoisotopic (exact) mass is 451 g/mol. The number of amides is 1. The third-order valence-electron chi connectivity index (χ3n) is 5.46. The molecule has 0 aromatic heterocycles. The van der Waals surface area contributed by atoms with E-state index in [4.69, 9.17) is 4.74 Å². The molecule has 4 aromatic rings. The van der Waals surface area contributed by atoms with Crippen molar-refractivity contribution in [3.8, 4) is 0 Å². The van der Waals surface area contributed by atoms with Crippen molar-refractivity contribution in [2.24, 2.45) is 0 Å². The molecule has 4 nitrogen and oxygen atoms in total. The van der Waals surface area contributed by atoms with E-state index in [1.807, 2.05) is 91.0 Å². The lowest BCUT2D eigenvalue weighted by Gasteiger charge is -2.23. The number of anilines is 1. The first-order valence-corrected chi connectivity index (χ1v) is 11.5. The molecular formula is C28H21NO3S. The molecule has 1 aliphatic heterocycles. The first-order valence-electron chi connectivity index (χ1n) is 10.7. The molecule has 0 atom stereocenters. The molecule has 4 aromatic carbocycles. The van der Waals surface area contributed by atoms with Gasteiger partial charge in [-0.25, -0.2) is 4.79 Å². The molecule has 0 unspecified atom stereocenters. The SMILES string of the molecule is O=C(OCc1ccccc1)c1ccc2c(c1)N(Cc1ccccc1)C(=O)c1ccccc1S2. The van der Waals surface area contributed by atoms with Crippen LogP contribution in [0.5, 0.6) is 0 Å². The fourth-order valence-electron chi connectivity index (χ4n) is 3.78. The lowest BCUT2D eigenvalue weighted by atomic mass is 10.1. The molecule has 5 rings (SSSR count). The van der Waals surface area contributed by atoms with Gasteiger partial charge in [-0.3, -0.25) is 4.79 Å². The maximum atomic E-state index is 13.6. The zero-order valence-electron chi connectivity index (χ0n) is 17.8. The Hall–Kier alpha value is -3.83. The van der Waals surface area contributed by atoms with Crippen molar-refractivity contribution in [3.63, 3.8) is 0 Å². The molecule has 1 heterocycles. The molecule has 162 valence electrons. The smallest absolute Gasteiger partial charge is 0.338 e. The first-order chi connectivity index (χ1) is 16.2. The standard InChI is InChI=1S/C28H21NO3S/c30-27-23-13-7-8-14-25(23)33-26-16-15-22(28(31)32-19-21-11-5-2-6-12-21)17-24(26)29(27)18-20-9-3-1-4-10-20/h1-17H,18-19H2. The van der Waals surface area contributed by atoms with E-state index < -0.39 is 5.97 Å². The summed E-state index contributed by atoms with van der Waals surface area (Å²) in [4.78, 5) is 30.0. The van der Waals surface area contributed by atoms with Crippen LogP contribution in [0.25, 0.3) is 0 Å². The van der Waals surface area contributed by atoms with Crippen molar-refractivity contribution in [1.29, 1.82) is 0 Å². The number of ether oxygens (including phenoxy) is 1. The Balaban J connectivity index is 1.50. The van der Waals surface area contributed by atoms with Gasteiger partial charge in [0.1, 0.15) is 6.61 Å². The Kier molecular flexibility index (Phi) is 5.96. The highest BCUT2D eigenvalue weighted by atomic mass is 32.2. The maximum absolute atomic E-state index is 13.6. The van der Waals surface area contributed by atoms with Gasteiger partial charge in [0.25, 0.3) is 5.91 Å². The molecule has 0 fully saturated rings. The van der Waals surface area contributed by atoms with E-state index in [1.165, 1.54) is 11.8 Å². The number of fused-ring (bicyclic) bond motifs is 2. The van der Waals surface area contributed by atoms with Crippen molar-refractivity contribution in [1.82, 2.24) is 0 Å². The van der Waals surface area contributed by atoms with E-state index in [0.29, 0.717) is 23.4 Å². The number of rotatable bonds is 5. The molecule has 5 heteroatoms. The summed E-state index contributed by atoms with van der Waals surface area (Å²) in [6.45, 7) is 0.605. The number of nitrogens with zero attached hydrogens (tertiary/aromatic N) is 1. The first kappa shape index (κ1) is 21.0. The van der Waals surface area contributed by atoms with Crippen LogP contribution in [0.4, 0.5) is 5.69 Å². The average molecular weight is 452 g/mol. The number of esters is 1. The van der Waals surface area contributed by atoms with Gasteiger partial charge in [0.05, 0.1) is 23.4 Å². The fourth-order valence-corrected chi connectivity index (χ4v) is 4.84. The largest absolute Gasteiger partial charge is 0.457 e. The van der Waals surface area contributed by atoms with Crippen LogP contribution in [-0.4, -0.2) is 11.9 Å². The van der Waals surface area contributed by atoms with Gasteiger partial charge in [-0.1, -0.05) is 84.6 Å². The highest BCUT2D eigenvalue weighted by Crippen LogP contribution is 2.42. The molecule has 0 N–H and O–H groups in total. The van der Waals surface area contributed by atoms with Gasteiger partial charge in [0.2, 0.25) is 0 Å². The summed E-state index contributed by atoms with van der Waals surface area (Å²) >= 11 is 1.54. The van der Waals surface area contributed by atoms with Gasteiger partial charge in [0.15, 0.2) is 0 Å². The Morgan fingerprint density at radius 3 is 2.18 bits per heavy atom. The fraction of sp³-hybridized carbons (Fsp3) is 0.0714. The van der Waals surface area contributed by atoms with Gasteiger partial charge in [-0.15, -0.1) is 0 Å². The van der Waals surface area contributed by atoms with E-state index in [9.17, 15) is 9.59 Å². The summed E-state index contributed by atoms with van der Waals surface area (Å²) in [6.07, 6.45) is 0. The van der Waals surface area contributed by atoms with Gasteiger partial charge in [0, 0.05) is 9.79 Å². The summed E-state index contributed by atoms with van der Waals surface area (Å²) in [5, 5.41) is 0. The molecule has 0 spiro atoms. The van der Waals surface area contributed by atoms with Crippen LogP contribution in [0, 0.1) is 0 Å². The summed E-state index contributed by atoms with van der Waals surface area (Å²) in [6, 6.07) is 32.5. The van der Waals surface area contributed by atoms with E-state index >= 15 is 0 Å². The minimum Gasteiger partial charge on any atom is -0.457 e. The molecule has 0 saturated heterocycles. The molecule has 0 saturated carbocycles. The van der Waals surface area contributed by atoms with Crippen LogP contribution in [0.1, 0.15) is 31.8 Å². The average Bonchev–Trinajstić information content (AvgIpc) is 2.98. The molecule has 0 radical (unpaired) electrons. The molecule has 1 aliphatic rings. The number of carbonyl (C=O) groups is 2. The van der Waals surface area contributed by atoms with Gasteiger partial charge < -0.3 is 9.64 Å². The highest BCUT2D eigenvalue weighted by molar-refractivity contribution is 7.99. The van der Waals surface area contributed by atoms with Gasteiger partial charge in [-0.05, 0) is 41.5 Å². The maximum Gasteiger partial charge on any atom is 0.338 e. The van der Waals surface area contributed by atoms with Crippen molar-refractivity contribution >= 4 is 29.3 Å². The summed E-state index contributed by atoms with van der Waals surface area (Å²) in [7, 11) is 0. The lowest BCUT2D eigenvalue weighted by molar-refractivity contribution is 0.0472. The van der Waals surface area contributed by atoms with Crippen LogP contribution in [0.2, 0.25) is 0 Å². The zero-order chi connectivity index (χ0) is 22.6. The van der Waals surface area contributed by atoms with Crippen LogP contribution >= 0.6 is 11.8 Å². The van der Waals surface area contributed by atoms with Crippen molar-refractivity contribution in [2.75, 3.05) is 4.90 Å². The second kappa shape index (κ2) is 9.35. The van der Waals surface area contributed by atoms with Crippen LogP contribution in [0.3, 0.4) is 0 Å². The molecule has 0 bridgehead atoms. The Morgan fingerprint density at radius 1 is 0.758 bits per heavy atom. The predicted molar refractivity (Wildman–Crippen MR) is 130 cm³/mol. The third kappa shape index (κ3) is 4.54. The Bertz CT molecular complexity index is 1310. The van der Waals surface area contributed by atoms with Crippen LogP contribution in [-0.2, 0) is 17.9 Å². The van der Waals surface area contributed by atoms with Gasteiger partial charge in [-0.2, -0.15) is 0 Å². The van der Waals surface area contributed by atoms with Crippen LogP contribution in [0.15, 0.2) is 113 Å².